The van der Waals surface area contributed by atoms with Gasteiger partial charge in [-0.1, -0.05) is 12.2 Å². The van der Waals surface area contributed by atoms with Gasteiger partial charge in [0, 0.05) is 6.54 Å². The van der Waals surface area contributed by atoms with Gasteiger partial charge in [0.05, 0.1) is 4.99 Å². The number of rotatable bonds is 3. The lowest BCUT2D eigenvalue weighted by molar-refractivity contribution is 0.0968. The molecule has 1 heterocycles. The molecule has 4 heteroatoms. The molecule has 1 saturated heterocycles. The van der Waals surface area contributed by atoms with Crippen molar-refractivity contribution < 1.29 is 4.43 Å². The summed E-state index contributed by atoms with van der Waals surface area (Å²) < 4.78 is 5.97. The highest BCUT2D eigenvalue weighted by Gasteiger charge is 2.26. The maximum Gasteiger partial charge on any atom is 0.186 e. The summed E-state index contributed by atoms with van der Waals surface area (Å²) in [5, 5.41) is 0. The zero-order chi connectivity index (χ0) is 10.1. The van der Waals surface area contributed by atoms with Crippen LogP contribution in [0, 0.1) is 0 Å². The number of hydrogen-bond donors (Lipinski definition) is 0. The highest BCUT2D eigenvalue weighted by atomic mass is 32.1. The van der Waals surface area contributed by atoms with Crippen LogP contribution in [0.1, 0.15) is 19.8 Å². The van der Waals surface area contributed by atoms with Gasteiger partial charge in [0.25, 0.3) is 0 Å². The summed E-state index contributed by atoms with van der Waals surface area (Å²) >= 11 is 5.27. The predicted octanol–water partition coefficient (Wildman–Crippen LogP) is 2.61. The molecule has 1 atom stereocenters. The maximum atomic E-state index is 5.97. The Labute approximate surface area is 87.4 Å². The molecule has 0 aromatic carbocycles. The van der Waals surface area contributed by atoms with Crippen molar-refractivity contribution in [3.8, 4) is 0 Å². The third-order valence-electron chi connectivity index (χ3n) is 2.07. The average molecular weight is 217 g/mol. The first-order valence-electron chi connectivity index (χ1n) is 4.87. The molecule has 1 rings (SSSR count). The maximum absolute atomic E-state index is 5.97. The number of thiocarbonyl (C=S) groups is 1. The van der Waals surface area contributed by atoms with Crippen LogP contribution < -0.4 is 0 Å². The van der Waals surface area contributed by atoms with E-state index in [1.54, 1.807) is 0 Å². The molecule has 76 valence electrons. The van der Waals surface area contributed by atoms with Crippen LogP contribution in [0.5, 0.6) is 0 Å². The molecule has 2 nitrogen and oxygen atoms in total. The van der Waals surface area contributed by atoms with Crippen molar-refractivity contribution in [1.82, 2.24) is 4.90 Å². The Hall–Kier alpha value is 0.0669. The summed E-state index contributed by atoms with van der Waals surface area (Å²) in [7, 11) is -1.42. The van der Waals surface area contributed by atoms with E-state index in [1.165, 1.54) is 6.42 Å². The molecule has 0 aromatic heterocycles. The van der Waals surface area contributed by atoms with Crippen molar-refractivity contribution in [3.05, 3.63) is 0 Å². The molecule has 0 bridgehead atoms. The molecule has 0 aliphatic carbocycles. The first-order valence-corrected chi connectivity index (χ1v) is 8.69. The minimum Gasteiger partial charge on any atom is -0.398 e. The Bertz CT molecular complexity index is 202. The van der Waals surface area contributed by atoms with Crippen LogP contribution >= 0.6 is 12.2 Å². The lowest BCUT2D eigenvalue weighted by Crippen LogP contribution is -2.42. The standard InChI is InChI=1S/C9H19NOSSi/c1-8(11-13(2,3)4)10-7-5-6-9(10)12/h8H,5-7H2,1-4H3. The van der Waals surface area contributed by atoms with Crippen LogP contribution in [0.3, 0.4) is 0 Å². The third kappa shape index (κ3) is 3.36. The fraction of sp³-hybridized carbons (Fsp3) is 0.889. The molecule has 1 aliphatic rings. The fourth-order valence-corrected chi connectivity index (χ4v) is 3.16. The Balaban J connectivity index is 2.47. The van der Waals surface area contributed by atoms with Crippen LogP contribution in [0.4, 0.5) is 0 Å². The lowest BCUT2D eigenvalue weighted by atomic mass is 10.4. The molecule has 0 saturated carbocycles. The average Bonchev–Trinajstić information content (AvgIpc) is 2.30. The number of nitrogens with zero attached hydrogens (tertiary/aromatic N) is 1. The van der Waals surface area contributed by atoms with Gasteiger partial charge in [-0.3, -0.25) is 0 Å². The zero-order valence-corrected chi connectivity index (χ0v) is 10.8. The van der Waals surface area contributed by atoms with Gasteiger partial charge in [0.1, 0.15) is 6.23 Å². The van der Waals surface area contributed by atoms with E-state index in [0.717, 1.165) is 18.0 Å². The van der Waals surface area contributed by atoms with Gasteiger partial charge < -0.3 is 9.33 Å². The predicted molar refractivity (Wildman–Crippen MR) is 62.4 cm³/mol. The minimum atomic E-state index is -1.42. The molecule has 1 fully saturated rings. The minimum absolute atomic E-state index is 0.182. The summed E-state index contributed by atoms with van der Waals surface area (Å²) in [6, 6.07) is 0. The van der Waals surface area contributed by atoms with E-state index < -0.39 is 8.32 Å². The summed E-state index contributed by atoms with van der Waals surface area (Å²) in [6.07, 6.45) is 2.44. The molecule has 0 spiro atoms. The SMILES string of the molecule is CC(O[Si](C)(C)C)N1CCCC1=S. The van der Waals surface area contributed by atoms with E-state index in [9.17, 15) is 0 Å². The van der Waals surface area contributed by atoms with Crippen molar-refractivity contribution in [2.45, 2.75) is 45.6 Å². The molecule has 0 amide bonds. The van der Waals surface area contributed by atoms with Crippen molar-refractivity contribution >= 4 is 25.5 Å². The molecule has 0 N–H and O–H groups in total. The summed E-state index contributed by atoms with van der Waals surface area (Å²) in [5.41, 5.74) is 0. The summed E-state index contributed by atoms with van der Waals surface area (Å²) in [4.78, 5) is 3.29. The molecule has 13 heavy (non-hydrogen) atoms. The van der Waals surface area contributed by atoms with Crippen molar-refractivity contribution in [2.75, 3.05) is 6.54 Å². The first kappa shape index (κ1) is 11.1. The molecular formula is C9H19NOSSi. The van der Waals surface area contributed by atoms with E-state index in [-0.39, 0.29) is 6.23 Å². The molecule has 1 unspecified atom stereocenters. The summed E-state index contributed by atoms with van der Waals surface area (Å²) in [5.74, 6) is 0. The Kier molecular flexibility index (Phi) is 3.48. The lowest BCUT2D eigenvalue weighted by Gasteiger charge is -2.31. The van der Waals surface area contributed by atoms with Gasteiger partial charge in [0.2, 0.25) is 0 Å². The Morgan fingerprint density at radius 2 is 2.08 bits per heavy atom. The Morgan fingerprint density at radius 3 is 2.46 bits per heavy atom. The van der Waals surface area contributed by atoms with Crippen molar-refractivity contribution in [2.24, 2.45) is 0 Å². The largest absolute Gasteiger partial charge is 0.398 e. The zero-order valence-electron chi connectivity index (χ0n) is 8.96. The van der Waals surface area contributed by atoms with Gasteiger partial charge in [-0.15, -0.1) is 0 Å². The van der Waals surface area contributed by atoms with E-state index in [0.29, 0.717) is 0 Å². The van der Waals surface area contributed by atoms with Crippen molar-refractivity contribution in [1.29, 1.82) is 0 Å². The monoisotopic (exact) mass is 217 g/mol. The smallest absolute Gasteiger partial charge is 0.186 e. The highest BCUT2D eigenvalue weighted by molar-refractivity contribution is 7.80. The van der Waals surface area contributed by atoms with Crippen LogP contribution in [0.15, 0.2) is 0 Å². The molecular weight excluding hydrogens is 198 g/mol. The molecule has 0 aromatic rings. The van der Waals surface area contributed by atoms with Crippen LogP contribution in [0.25, 0.3) is 0 Å². The van der Waals surface area contributed by atoms with Gasteiger partial charge >= 0.3 is 0 Å². The number of hydrogen-bond acceptors (Lipinski definition) is 2. The summed E-state index contributed by atoms with van der Waals surface area (Å²) in [6.45, 7) is 9.81. The van der Waals surface area contributed by atoms with E-state index in [1.807, 2.05) is 0 Å². The van der Waals surface area contributed by atoms with E-state index >= 15 is 0 Å². The number of likely N-dealkylation sites (tertiary alicyclic amines) is 1. The van der Waals surface area contributed by atoms with Gasteiger partial charge in [-0.2, -0.15) is 0 Å². The van der Waals surface area contributed by atoms with Crippen LogP contribution in [-0.4, -0.2) is 31.0 Å². The highest BCUT2D eigenvalue weighted by Crippen LogP contribution is 2.18. The fourth-order valence-electron chi connectivity index (χ4n) is 1.63. The Morgan fingerprint density at radius 1 is 1.46 bits per heavy atom. The van der Waals surface area contributed by atoms with Gasteiger partial charge in [0.15, 0.2) is 8.32 Å². The van der Waals surface area contributed by atoms with E-state index in [2.05, 4.69) is 31.5 Å². The second kappa shape index (κ2) is 4.07. The quantitative estimate of drug-likeness (QED) is 0.532. The van der Waals surface area contributed by atoms with E-state index in [4.69, 9.17) is 16.6 Å². The normalized spacial score (nSPS) is 20.9. The van der Waals surface area contributed by atoms with Crippen LogP contribution in [-0.2, 0) is 4.43 Å². The second-order valence-corrected chi connectivity index (χ2v) is 9.45. The first-order chi connectivity index (χ1) is 5.90. The van der Waals surface area contributed by atoms with Gasteiger partial charge in [-0.25, -0.2) is 0 Å². The van der Waals surface area contributed by atoms with Gasteiger partial charge in [-0.05, 0) is 39.4 Å². The molecule has 0 radical (unpaired) electrons. The third-order valence-corrected chi connectivity index (χ3v) is 3.56. The van der Waals surface area contributed by atoms with Crippen molar-refractivity contribution in [3.63, 3.8) is 0 Å². The topological polar surface area (TPSA) is 12.5 Å². The van der Waals surface area contributed by atoms with Crippen LogP contribution in [0.2, 0.25) is 19.6 Å². The second-order valence-electron chi connectivity index (χ2n) is 4.52. The molecule has 1 aliphatic heterocycles.